The molecule has 0 amide bonds. The molecule has 2 aliphatic heterocycles. The SMILES string of the molecule is CC(C)c1noc(N2CCC(Oc3cc(N4CCc5cc(C(=O)O)ccc54)ncn3)CC2)n1. The van der Waals surface area contributed by atoms with E-state index in [1.54, 1.807) is 12.1 Å². The number of carboxylic acids is 1. The molecule has 33 heavy (non-hydrogen) atoms. The van der Waals surface area contributed by atoms with Crippen LogP contribution < -0.4 is 14.5 Å². The second-order valence-electron chi connectivity index (χ2n) is 8.66. The van der Waals surface area contributed by atoms with E-state index in [-0.39, 0.29) is 12.0 Å². The highest BCUT2D eigenvalue weighted by molar-refractivity contribution is 5.89. The Morgan fingerprint density at radius 3 is 2.73 bits per heavy atom. The second-order valence-corrected chi connectivity index (χ2v) is 8.66. The van der Waals surface area contributed by atoms with Crippen molar-refractivity contribution in [1.82, 2.24) is 20.1 Å². The smallest absolute Gasteiger partial charge is 0.335 e. The third kappa shape index (κ3) is 4.33. The Morgan fingerprint density at radius 2 is 2.00 bits per heavy atom. The number of rotatable bonds is 6. The Morgan fingerprint density at radius 1 is 1.18 bits per heavy atom. The summed E-state index contributed by atoms with van der Waals surface area (Å²) in [6.07, 6.45) is 3.96. The minimum Gasteiger partial charge on any atom is -0.478 e. The minimum absolute atomic E-state index is 0.0421. The van der Waals surface area contributed by atoms with Gasteiger partial charge in [0, 0.05) is 50.1 Å². The largest absolute Gasteiger partial charge is 0.478 e. The summed E-state index contributed by atoms with van der Waals surface area (Å²) in [7, 11) is 0. The molecule has 0 saturated carbocycles. The van der Waals surface area contributed by atoms with Crippen molar-refractivity contribution >= 4 is 23.5 Å². The lowest BCUT2D eigenvalue weighted by atomic mass is 10.1. The standard InChI is InChI=1S/C23H26N6O4/c1-14(2)21-26-23(33-27-21)28-8-6-17(7-9-28)32-20-12-19(24-13-25-20)29-10-5-15-11-16(22(30)31)3-4-18(15)29/h3-4,11-14,17H,5-10H2,1-2H3,(H,30,31). The lowest BCUT2D eigenvalue weighted by Gasteiger charge is -2.30. The summed E-state index contributed by atoms with van der Waals surface area (Å²) < 4.78 is 11.6. The molecule has 172 valence electrons. The van der Waals surface area contributed by atoms with Gasteiger partial charge in [-0.2, -0.15) is 4.98 Å². The van der Waals surface area contributed by atoms with E-state index in [2.05, 4.69) is 29.9 Å². The highest BCUT2D eigenvalue weighted by Crippen LogP contribution is 2.35. The molecule has 3 aromatic rings. The van der Waals surface area contributed by atoms with Crippen LogP contribution in [0.15, 0.2) is 35.1 Å². The number of piperidine rings is 1. The first kappa shape index (κ1) is 21.2. The number of hydrogen-bond donors (Lipinski definition) is 1. The molecule has 2 aliphatic rings. The zero-order chi connectivity index (χ0) is 22.9. The molecule has 1 aromatic carbocycles. The van der Waals surface area contributed by atoms with Crippen LogP contribution in [-0.4, -0.2) is 56.9 Å². The summed E-state index contributed by atoms with van der Waals surface area (Å²) in [5.41, 5.74) is 2.28. The first-order valence-corrected chi connectivity index (χ1v) is 11.2. The van der Waals surface area contributed by atoms with Crippen LogP contribution in [0.5, 0.6) is 5.88 Å². The Balaban J connectivity index is 1.23. The van der Waals surface area contributed by atoms with Gasteiger partial charge in [-0.25, -0.2) is 14.8 Å². The van der Waals surface area contributed by atoms with Gasteiger partial charge in [0.2, 0.25) is 5.88 Å². The molecule has 1 N–H and O–H groups in total. The van der Waals surface area contributed by atoms with E-state index in [4.69, 9.17) is 9.26 Å². The maximum Gasteiger partial charge on any atom is 0.335 e. The molecule has 1 fully saturated rings. The fourth-order valence-electron chi connectivity index (χ4n) is 4.24. The van der Waals surface area contributed by atoms with Crippen LogP contribution in [0.4, 0.5) is 17.5 Å². The van der Waals surface area contributed by atoms with E-state index in [9.17, 15) is 9.90 Å². The molecule has 0 atom stereocenters. The topological polar surface area (TPSA) is 118 Å². The fraction of sp³-hybridized carbons (Fsp3) is 0.435. The van der Waals surface area contributed by atoms with Crippen molar-refractivity contribution in [2.45, 2.75) is 45.1 Å². The van der Waals surface area contributed by atoms with Crippen LogP contribution in [0.1, 0.15) is 54.4 Å². The zero-order valence-corrected chi connectivity index (χ0v) is 18.6. The van der Waals surface area contributed by atoms with Gasteiger partial charge >= 0.3 is 12.0 Å². The van der Waals surface area contributed by atoms with E-state index in [1.165, 1.54) is 6.33 Å². The van der Waals surface area contributed by atoms with E-state index < -0.39 is 5.97 Å². The Kier molecular flexibility index (Phi) is 5.57. The number of nitrogens with zero attached hydrogens (tertiary/aromatic N) is 6. The molecule has 0 radical (unpaired) electrons. The molecule has 10 heteroatoms. The molecule has 10 nitrogen and oxygen atoms in total. The van der Waals surface area contributed by atoms with Gasteiger partial charge in [-0.3, -0.25) is 0 Å². The second kappa shape index (κ2) is 8.68. The molecule has 5 rings (SSSR count). The van der Waals surface area contributed by atoms with Crippen molar-refractivity contribution in [2.75, 3.05) is 29.4 Å². The Hall–Kier alpha value is -3.69. The third-order valence-corrected chi connectivity index (χ3v) is 6.07. The lowest BCUT2D eigenvalue weighted by Crippen LogP contribution is -2.38. The highest BCUT2D eigenvalue weighted by atomic mass is 16.5. The average molecular weight is 450 g/mol. The van der Waals surface area contributed by atoms with E-state index in [1.807, 2.05) is 26.0 Å². The van der Waals surface area contributed by atoms with Gasteiger partial charge < -0.3 is 24.2 Å². The summed E-state index contributed by atoms with van der Waals surface area (Å²) in [6, 6.07) is 7.61. The van der Waals surface area contributed by atoms with Crippen LogP contribution >= 0.6 is 0 Å². The van der Waals surface area contributed by atoms with Gasteiger partial charge in [-0.1, -0.05) is 19.0 Å². The van der Waals surface area contributed by atoms with Crippen molar-refractivity contribution in [3.63, 3.8) is 0 Å². The van der Waals surface area contributed by atoms with Crippen LogP contribution in [-0.2, 0) is 6.42 Å². The van der Waals surface area contributed by atoms with Crippen LogP contribution in [0.3, 0.4) is 0 Å². The van der Waals surface area contributed by atoms with Crippen LogP contribution in [0.2, 0.25) is 0 Å². The van der Waals surface area contributed by atoms with Crippen LogP contribution in [0, 0.1) is 0 Å². The molecule has 4 heterocycles. The first-order valence-electron chi connectivity index (χ1n) is 11.2. The number of carboxylic acid groups (broad SMARTS) is 1. The lowest BCUT2D eigenvalue weighted by molar-refractivity contribution is 0.0696. The molecule has 2 aromatic heterocycles. The number of fused-ring (bicyclic) bond motifs is 1. The van der Waals surface area contributed by atoms with E-state index >= 15 is 0 Å². The number of aromatic carboxylic acids is 1. The van der Waals surface area contributed by atoms with Crippen molar-refractivity contribution in [3.8, 4) is 5.88 Å². The molecule has 1 saturated heterocycles. The molecular formula is C23H26N6O4. The Labute approximate surface area is 191 Å². The number of hydrogen-bond acceptors (Lipinski definition) is 9. The van der Waals surface area contributed by atoms with Gasteiger partial charge in [-0.05, 0) is 30.2 Å². The monoisotopic (exact) mass is 450 g/mol. The van der Waals surface area contributed by atoms with Crippen molar-refractivity contribution in [2.24, 2.45) is 0 Å². The number of benzene rings is 1. The van der Waals surface area contributed by atoms with E-state index in [0.29, 0.717) is 17.5 Å². The normalized spacial score (nSPS) is 16.3. The summed E-state index contributed by atoms with van der Waals surface area (Å²) in [5, 5.41) is 13.3. The van der Waals surface area contributed by atoms with Crippen LogP contribution in [0.25, 0.3) is 0 Å². The number of aromatic nitrogens is 4. The van der Waals surface area contributed by atoms with Gasteiger partial charge in [0.25, 0.3) is 0 Å². The van der Waals surface area contributed by atoms with Gasteiger partial charge in [-0.15, -0.1) is 0 Å². The maximum atomic E-state index is 11.2. The molecule has 0 aliphatic carbocycles. The third-order valence-electron chi connectivity index (χ3n) is 6.07. The summed E-state index contributed by atoms with van der Waals surface area (Å²) in [6.45, 7) is 6.36. The fourth-order valence-corrected chi connectivity index (χ4v) is 4.24. The number of carbonyl (C=O) groups is 1. The van der Waals surface area contributed by atoms with E-state index in [0.717, 1.165) is 61.8 Å². The van der Waals surface area contributed by atoms with Gasteiger partial charge in [0.15, 0.2) is 5.82 Å². The predicted octanol–water partition coefficient (Wildman–Crippen LogP) is 3.42. The Bertz CT molecular complexity index is 1160. The van der Waals surface area contributed by atoms with Crippen molar-refractivity contribution in [1.29, 1.82) is 0 Å². The van der Waals surface area contributed by atoms with Crippen molar-refractivity contribution in [3.05, 3.63) is 47.5 Å². The summed E-state index contributed by atoms with van der Waals surface area (Å²) in [5.74, 6) is 1.32. The zero-order valence-electron chi connectivity index (χ0n) is 18.6. The molecule has 0 bridgehead atoms. The predicted molar refractivity (Wildman–Crippen MR) is 120 cm³/mol. The first-order chi connectivity index (χ1) is 16.0. The van der Waals surface area contributed by atoms with Gasteiger partial charge in [0.05, 0.1) is 5.56 Å². The van der Waals surface area contributed by atoms with Crippen molar-refractivity contribution < 1.29 is 19.2 Å². The quantitative estimate of drug-likeness (QED) is 0.598. The molecule has 0 spiro atoms. The maximum absolute atomic E-state index is 11.2. The number of anilines is 3. The highest BCUT2D eigenvalue weighted by Gasteiger charge is 2.26. The molecular weight excluding hydrogens is 424 g/mol. The minimum atomic E-state index is -0.917. The van der Waals surface area contributed by atoms with Gasteiger partial charge in [0.1, 0.15) is 18.2 Å². The average Bonchev–Trinajstić information content (AvgIpc) is 3.47. The summed E-state index contributed by atoms with van der Waals surface area (Å²) in [4.78, 5) is 28.6. The molecule has 0 unspecified atom stereocenters. The summed E-state index contributed by atoms with van der Waals surface area (Å²) >= 11 is 0. The number of ether oxygens (including phenoxy) is 1.